The van der Waals surface area contributed by atoms with Gasteiger partial charge in [0.15, 0.2) is 23.2 Å². The lowest BCUT2D eigenvalue weighted by Crippen LogP contribution is -2.14. The monoisotopic (exact) mass is 418 g/mol. The van der Waals surface area contributed by atoms with E-state index in [0.717, 1.165) is 7.11 Å². The van der Waals surface area contributed by atoms with Gasteiger partial charge in [0, 0.05) is 0 Å². The van der Waals surface area contributed by atoms with Crippen LogP contribution in [-0.2, 0) is 16.1 Å². The molecule has 0 saturated heterocycles. The van der Waals surface area contributed by atoms with Gasteiger partial charge in [-0.3, -0.25) is 4.79 Å². The molecule has 156 valence electrons. The first-order valence-corrected chi connectivity index (χ1v) is 7.75. The highest BCUT2D eigenvalue weighted by atomic mass is 19.4. The summed E-state index contributed by atoms with van der Waals surface area (Å²) in [5.41, 5.74) is -2.36. The van der Waals surface area contributed by atoms with Crippen molar-refractivity contribution >= 4 is 5.97 Å². The van der Waals surface area contributed by atoms with Gasteiger partial charge in [0.25, 0.3) is 0 Å². The maximum absolute atomic E-state index is 13.9. The van der Waals surface area contributed by atoms with Crippen molar-refractivity contribution in [2.24, 2.45) is 17.3 Å². The molecule has 0 bridgehead atoms. The van der Waals surface area contributed by atoms with E-state index in [1.807, 2.05) is 0 Å². The molecule has 0 heterocycles. The standard InChI is InChI=1S/C17H14F8O3/c1-16(2)7(4-8(18)17(23,24)25)9(16)15(26)28-5-6-10(19)12(21)14(27-3)13(22)11(6)20/h4,7,9H,5H2,1-3H3/t7-,9+/m0/s1. The quantitative estimate of drug-likeness (QED) is 0.384. The minimum atomic E-state index is -5.22. The van der Waals surface area contributed by atoms with Gasteiger partial charge in [-0.25, -0.2) is 13.2 Å². The molecule has 0 aliphatic heterocycles. The van der Waals surface area contributed by atoms with Crippen LogP contribution in [0.1, 0.15) is 19.4 Å². The van der Waals surface area contributed by atoms with Gasteiger partial charge >= 0.3 is 12.1 Å². The third-order valence-corrected chi connectivity index (χ3v) is 4.64. The minimum absolute atomic E-state index is 0.222. The average molecular weight is 418 g/mol. The molecule has 2 rings (SSSR count). The van der Waals surface area contributed by atoms with Crippen LogP contribution in [-0.4, -0.2) is 19.3 Å². The molecule has 2 atom stereocenters. The summed E-state index contributed by atoms with van der Waals surface area (Å²) in [6.07, 6.45) is -5.00. The van der Waals surface area contributed by atoms with Crippen LogP contribution in [0.2, 0.25) is 0 Å². The Hall–Kier alpha value is -2.33. The molecule has 1 aliphatic rings. The normalized spacial score (nSPS) is 21.5. The second-order valence-corrected chi connectivity index (χ2v) is 6.71. The van der Waals surface area contributed by atoms with Gasteiger partial charge in [0.05, 0.1) is 18.6 Å². The van der Waals surface area contributed by atoms with Crippen LogP contribution in [0, 0.1) is 40.5 Å². The van der Waals surface area contributed by atoms with Gasteiger partial charge in [-0.05, 0) is 17.4 Å². The zero-order chi connectivity index (χ0) is 21.6. The van der Waals surface area contributed by atoms with Crippen molar-refractivity contribution < 1.29 is 49.4 Å². The molecule has 1 saturated carbocycles. The summed E-state index contributed by atoms with van der Waals surface area (Å²) in [6.45, 7) is 1.49. The lowest BCUT2D eigenvalue weighted by molar-refractivity contribution is -0.147. The Bertz CT molecular complexity index is 800. The molecule has 3 nitrogen and oxygen atoms in total. The number of alkyl halides is 3. The maximum Gasteiger partial charge on any atom is 0.442 e. The van der Waals surface area contributed by atoms with E-state index < -0.39 is 76.4 Å². The van der Waals surface area contributed by atoms with Crippen molar-refractivity contribution in [2.75, 3.05) is 7.11 Å². The molecule has 0 radical (unpaired) electrons. The van der Waals surface area contributed by atoms with Crippen molar-refractivity contribution in [1.82, 2.24) is 0 Å². The Labute approximate surface area is 153 Å². The fourth-order valence-corrected chi connectivity index (χ4v) is 2.89. The van der Waals surface area contributed by atoms with E-state index in [1.165, 1.54) is 13.8 Å². The second-order valence-electron chi connectivity index (χ2n) is 6.71. The lowest BCUT2D eigenvalue weighted by Gasteiger charge is -2.11. The van der Waals surface area contributed by atoms with Crippen molar-refractivity contribution in [3.8, 4) is 5.75 Å². The summed E-state index contributed by atoms with van der Waals surface area (Å²) in [4.78, 5) is 12.0. The fraction of sp³-hybridized carbons (Fsp3) is 0.471. The van der Waals surface area contributed by atoms with Gasteiger partial charge in [-0.2, -0.15) is 22.0 Å². The average Bonchev–Trinajstić information content (AvgIpc) is 3.13. The number of allylic oxidation sites excluding steroid dienone is 2. The van der Waals surface area contributed by atoms with Gasteiger partial charge in [-0.15, -0.1) is 0 Å². The number of rotatable bonds is 5. The molecule has 0 aromatic heterocycles. The van der Waals surface area contributed by atoms with Crippen LogP contribution in [0.25, 0.3) is 0 Å². The van der Waals surface area contributed by atoms with Crippen LogP contribution in [0.4, 0.5) is 35.1 Å². The molecule has 0 unspecified atom stereocenters. The number of benzene rings is 1. The Kier molecular flexibility index (Phi) is 5.69. The number of methoxy groups -OCH3 is 1. The number of carbonyl (C=O) groups excluding carboxylic acids is 1. The van der Waals surface area contributed by atoms with Crippen molar-refractivity contribution in [3.63, 3.8) is 0 Å². The van der Waals surface area contributed by atoms with Gasteiger partial charge < -0.3 is 9.47 Å². The number of carbonyl (C=O) groups is 1. The van der Waals surface area contributed by atoms with E-state index in [9.17, 15) is 39.9 Å². The third kappa shape index (κ3) is 3.79. The summed E-state index contributed by atoms with van der Waals surface area (Å²) < 4.78 is 114. The van der Waals surface area contributed by atoms with E-state index in [0.29, 0.717) is 0 Å². The van der Waals surface area contributed by atoms with Crippen molar-refractivity contribution in [1.29, 1.82) is 0 Å². The second kappa shape index (κ2) is 7.25. The van der Waals surface area contributed by atoms with Crippen LogP contribution in [0.15, 0.2) is 11.9 Å². The predicted molar refractivity (Wildman–Crippen MR) is 78.6 cm³/mol. The first-order valence-electron chi connectivity index (χ1n) is 7.75. The Morgan fingerprint density at radius 3 is 2.00 bits per heavy atom. The number of hydrogen-bond donors (Lipinski definition) is 0. The van der Waals surface area contributed by atoms with Gasteiger partial charge in [-0.1, -0.05) is 13.8 Å². The molecule has 1 aromatic carbocycles. The largest absolute Gasteiger partial charge is 0.491 e. The molecule has 28 heavy (non-hydrogen) atoms. The van der Waals surface area contributed by atoms with E-state index >= 15 is 0 Å². The van der Waals surface area contributed by atoms with Crippen LogP contribution >= 0.6 is 0 Å². The fourth-order valence-electron chi connectivity index (χ4n) is 2.89. The summed E-state index contributed by atoms with van der Waals surface area (Å²) in [7, 11) is 0.781. The van der Waals surface area contributed by atoms with E-state index in [1.54, 1.807) is 0 Å². The van der Waals surface area contributed by atoms with E-state index in [-0.39, 0.29) is 6.08 Å². The summed E-state index contributed by atoms with van der Waals surface area (Å²) in [5.74, 6) is -14.7. The minimum Gasteiger partial charge on any atom is -0.491 e. The van der Waals surface area contributed by atoms with Crippen LogP contribution < -0.4 is 4.74 Å². The van der Waals surface area contributed by atoms with Crippen LogP contribution in [0.3, 0.4) is 0 Å². The summed E-state index contributed by atoms with van der Waals surface area (Å²) >= 11 is 0. The zero-order valence-corrected chi connectivity index (χ0v) is 14.7. The topological polar surface area (TPSA) is 35.5 Å². The molecule has 0 spiro atoms. The lowest BCUT2D eigenvalue weighted by atomic mass is 10.1. The predicted octanol–water partition coefficient (Wildman–Crippen LogP) is 4.98. The first kappa shape index (κ1) is 22.0. The molecule has 0 N–H and O–H groups in total. The molecule has 1 aromatic rings. The third-order valence-electron chi connectivity index (χ3n) is 4.64. The molecular formula is C17H14F8O3. The Balaban J connectivity index is 2.18. The summed E-state index contributed by atoms with van der Waals surface area (Å²) in [5, 5.41) is 0. The van der Waals surface area contributed by atoms with Crippen molar-refractivity contribution in [2.45, 2.75) is 26.6 Å². The van der Waals surface area contributed by atoms with E-state index in [4.69, 9.17) is 0 Å². The van der Waals surface area contributed by atoms with E-state index in [2.05, 4.69) is 9.47 Å². The first-order chi connectivity index (χ1) is 12.7. The van der Waals surface area contributed by atoms with Gasteiger partial charge in [0.1, 0.15) is 6.61 Å². The number of esters is 1. The highest BCUT2D eigenvalue weighted by molar-refractivity contribution is 5.78. The highest BCUT2D eigenvalue weighted by Crippen LogP contribution is 2.60. The summed E-state index contributed by atoms with van der Waals surface area (Å²) in [6, 6.07) is 0. The molecule has 1 aliphatic carbocycles. The molecule has 1 fully saturated rings. The SMILES string of the molecule is COc1c(F)c(F)c(COC(=O)[C@H]2[C@H](C=C(F)C(F)(F)F)C2(C)C)c(F)c1F. The number of ether oxygens (including phenoxy) is 2. The Morgan fingerprint density at radius 1 is 1.07 bits per heavy atom. The number of halogens is 8. The van der Waals surface area contributed by atoms with Crippen LogP contribution in [0.5, 0.6) is 5.75 Å². The molecular weight excluding hydrogens is 404 g/mol. The number of hydrogen-bond acceptors (Lipinski definition) is 3. The Morgan fingerprint density at radius 2 is 1.57 bits per heavy atom. The molecule has 11 heteroatoms. The van der Waals surface area contributed by atoms with Gasteiger partial charge in [0.2, 0.25) is 11.6 Å². The molecule has 0 amide bonds. The smallest absolute Gasteiger partial charge is 0.442 e. The highest BCUT2D eigenvalue weighted by Gasteiger charge is 2.62. The van der Waals surface area contributed by atoms with Crippen molar-refractivity contribution in [3.05, 3.63) is 40.7 Å². The zero-order valence-electron chi connectivity index (χ0n) is 14.7. The maximum atomic E-state index is 13.9.